The van der Waals surface area contributed by atoms with E-state index in [9.17, 15) is 18.0 Å². The lowest BCUT2D eigenvalue weighted by Crippen LogP contribution is -2.24. The first-order chi connectivity index (χ1) is 16.0. The lowest BCUT2D eigenvalue weighted by molar-refractivity contribution is -0.121. The zero-order valence-electron chi connectivity index (χ0n) is 19.4. The smallest absolute Gasteiger partial charge is 0.339 e. The molecule has 8 nitrogen and oxygen atoms in total. The van der Waals surface area contributed by atoms with Crippen molar-refractivity contribution < 1.29 is 22.4 Å². The Morgan fingerprint density at radius 1 is 1.12 bits per heavy atom. The van der Waals surface area contributed by atoms with E-state index >= 15 is 0 Å². The lowest BCUT2D eigenvalue weighted by atomic mass is 10.00. The maximum Gasteiger partial charge on any atom is 0.339 e. The van der Waals surface area contributed by atoms with Gasteiger partial charge in [-0.15, -0.1) is 0 Å². The minimum atomic E-state index is -3.76. The summed E-state index contributed by atoms with van der Waals surface area (Å²) < 4.78 is 34.0. The Balaban J connectivity index is 1.68. The number of amides is 1. The van der Waals surface area contributed by atoms with Crippen LogP contribution in [-0.4, -0.2) is 20.9 Å². The molecule has 0 radical (unpaired) electrons. The number of fused-ring (bicyclic) bond motifs is 1. The van der Waals surface area contributed by atoms with Crippen LogP contribution >= 0.6 is 0 Å². The van der Waals surface area contributed by atoms with Gasteiger partial charge in [-0.05, 0) is 68.2 Å². The first-order valence-electron chi connectivity index (χ1n) is 10.7. The number of aryl methyl sites for hydroxylation is 2. The van der Waals surface area contributed by atoms with E-state index in [4.69, 9.17) is 14.3 Å². The Bertz CT molecular complexity index is 1410. The number of sulfonamides is 1. The van der Waals surface area contributed by atoms with Crippen LogP contribution in [0.2, 0.25) is 0 Å². The highest BCUT2D eigenvalue weighted by atomic mass is 32.2. The number of nitrogens with two attached hydrogens (primary N) is 1. The number of nitrogens with one attached hydrogen (secondary N) is 1. The van der Waals surface area contributed by atoms with Crippen molar-refractivity contribution >= 4 is 26.9 Å². The van der Waals surface area contributed by atoms with Crippen molar-refractivity contribution in [2.75, 3.05) is 6.61 Å². The molecule has 34 heavy (non-hydrogen) atoms. The molecule has 3 N–H and O–H groups in total. The number of hydrogen-bond acceptors (Lipinski definition) is 6. The Labute approximate surface area is 198 Å². The van der Waals surface area contributed by atoms with E-state index in [0.29, 0.717) is 23.5 Å². The van der Waals surface area contributed by atoms with E-state index < -0.39 is 15.6 Å². The summed E-state index contributed by atoms with van der Waals surface area (Å²) in [5, 5.41) is 8.65. The van der Waals surface area contributed by atoms with E-state index in [1.165, 1.54) is 12.1 Å². The van der Waals surface area contributed by atoms with Gasteiger partial charge in [0.1, 0.15) is 17.9 Å². The molecular weight excluding hydrogens is 456 g/mol. The standard InChI is InChI=1S/C25H28N2O6S/c1-15(2)14-32-22-11-9-20-16(3)21(25(29)33-24(20)17(22)4)10-12-23(28)27-13-18-5-7-19(8-6-18)34(26,30)31/h5-9,11H,1,10,12-14H2,2-4H3,(H,27,28)(H2,26,30,31). The van der Waals surface area contributed by atoms with E-state index in [-0.39, 0.29) is 30.2 Å². The number of rotatable bonds is 9. The minimum absolute atomic E-state index is 0.00539. The van der Waals surface area contributed by atoms with Crippen molar-refractivity contribution in [3.63, 3.8) is 0 Å². The van der Waals surface area contributed by atoms with Crippen LogP contribution in [0.1, 0.15) is 35.6 Å². The van der Waals surface area contributed by atoms with Gasteiger partial charge in [-0.1, -0.05) is 18.7 Å². The maximum atomic E-state index is 12.7. The molecule has 3 aromatic rings. The molecule has 2 aromatic carbocycles. The number of carbonyl (C=O) groups is 1. The second-order valence-electron chi connectivity index (χ2n) is 8.27. The van der Waals surface area contributed by atoms with Crippen molar-refractivity contribution in [1.29, 1.82) is 0 Å². The van der Waals surface area contributed by atoms with Crippen LogP contribution in [0, 0.1) is 13.8 Å². The maximum absolute atomic E-state index is 12.7. The van der Waals surface area contributed by atoms with Gasteiger partial charge in [0.25, 0.3) is 0 Å². The van der Waals surface area contributed by atoms with Crippen LogP contribution in [0.25, 0.3) is 11.0 Å². The van der Waals surface area contributed by atoms with Crippen LogP contribution in [-0.2, 0) is 27.8 Å². The molecule has 180 valence electrons. The fraction of sp³-hybridized carbons (Fsp3) is 0.280. The third-order valence-corrected chi connectivity index (χ3v) is 6.40. The van der Waals surface area contributed by atoms with E-state index in [0.717, 1.165) is 27.6 Å². The zero-order valence-corrected chi connectivity index (χ0v) is 20.3. The van der Waals surface area contributed by atoms with Gasteiger partial charge in [-0.3, -0.25) is 4.79 Å². The number of carbonyl (C=O) groups excluding carboxylic acids is 1. The predicted molar refractivity (Wildman–Crippen MR) is 130 cm³/mol. The van der Waals surface area contributed by atoms with Crippen molar-refractivity contribution in [2.45, 2.75) is 45.1 Å². The first-order valence-corrected chi connectivity index (χ1v) is 12.2. The molecule has 0 aliphatic rings. The van der Waals surface area contributed by atoms with Crippen molar-refractivity contribution in [3.8, 4) is 5.75 Å². The second-order valence-corrected chi connectivity index (χ2v) is 9.83. The Morgan fingerprint density at radius 3 is 2.41 bits per heavy atom. The molecule has 0 saturated heterocycles. The summed E-state index contributed by atoms with van der Waals surface area (Å²) in [6, 6.07) is 9.63. The van der Waals surface area contributed by atoms with Gasteiger partial charge in [0.2, 0.25) is 15.9 Å². The molecule has 0 saturated carbocycles. The molecule has 1 amide bonds. The highest BCUT2D eigenvalue weighted by Crippen LogP contribution is 2.30. The van der Waals surface area contributed by atoms with Gasteiger partial charge < -0.3 is 14.5 Å². The van der Waals surface area contributed by atoms with Crippen molar-refractivity contribution in [2.24, 2.45) is 5.14 Å². The lowest BCUT2D eigenvalue weighted by Gasteiger charge is -2.13. The summed E-state index contributed by atoms with van der Waals surface area (Å²) in [6.45, 7) is 9.96. The number of hydrogen-bond donors (Lipinski definition) is 2. The van der Waals surface area contributed by atoms with Gasteiger partial charge in [0.15, 0.2) is 0 Å². The Kier molecular flexibility index (Phi) is 7.58. The average molecular weight is 485 g/mol. The fourth-order valence-corrected chi connectivity index (χ4v) is 4.06. The highest BCUT2D eigenvalue weighted by molar-refractivity contribution is 7.89. The Hall–Kier alpha value is -3.43. The molecule has 0 fully saturated rings. The third-order valence-electron chi connectivity index (χ3n) is 5.47. The van der Waals surface area contributed by atoms with Crippen LogP contribution in [0.15, 0.2) is 62.7 Å². The van der Waals surface area contributed by atoms with Gasteiger partial charge in [0.05, 0.1) is 4.90 Å². The first kappa shape index (κ1) is 25.2. The van der Waals surface area contributed by atoms with E-state index in [1.807, 2.05) is 32.9 Å². The van der Waals surface area contributed by atoms with Crippen molar-refractivity contribution in [3.05, 3.63) is 81.2 Å². The largest absolute Gasteiger partial charge is 0.489 e. The second kappa shape index (κ2) is 10.2. The molecule has 3 rings (SSSR count). The van der Waals surface area contributed by atoms with Gasteiger partial charge in [-0.25, -0.2) is 18.4 Å². The molecule has 0 spiro atoms. The zero-order chi connectivity index (χ0) is 25.0. The summed E-state index contributed by atoms with van der Waals surface area (Å²) in [5.74, 6) is 0.386. The average Bonchev–Trinajstić information content (AvgIpc) is 2.77. The fourth-order valence-electron chi connectivity index (χ4n) is 3.54. The summed E-state index contributed by atoms with van der Waals surface area (Å²) >= 11 is 0. The topological polar surface area (TPSA) is 129 Å². The van der Waals surface area contributed by atoms with Crippen LogP contribution in [0.5, 0.6) is 5.75 Å². The molecular formula is C25H28N2O6S. The number of ether oxygens (including phenoxy) is 1. The van der Waals surface area contributed by atoms with Crippen molar-refractivity contribution in [1.82, 2.24) is 5.32 Å². The van der Waals surface area contributed by atoms with Crippen LogP contribution in [0.3, 0.4) is 0 Å². The third kappa shape index (κ3) is 5.92. The summed E-state index contributed by atoms with van der Waals surface area (Å²) in [4.78, 5) is 25.0. The highest BCUT2D eigenvalue weighted by Gasteiger charge is 2.16. The predicted octanol–water partition coefficient (Wildman–Crippen LogP) is 3.26. The SMILES string of the molecule is C=C(C)COc1ccc2c(C)c(CCC(=O)NCc3ccc(S(N)(=O)=O)cc3)c(=O)oc2c1C. The molecule has 0 atom stereocenters. The molecule has 1 aromatic heterocycles. The number of benzene rings is 2. The Morgan fingerprint density at radius 2 is 1.79 bits per heavy atom. The summed E-state index contributed by atoms with van der Waals surface area (Å²) in [6.07, 6.45) is 0.332. The minimum Gasteiger partial charge on any atom is -0.489 e. The quantitative estimate of drug-likeness (QED) is 0.354. The van der Waals surface area contributed by atoms with Crippen LogP contribution < -0.4 is 20.8 Å². The van der Waals surface area contributed by atoms with Gasteiger partial charge in [0, 0.05) is 29.5 Å². The molecule has 0 bridgehead atoms. The normalized spacial score (nSPS) is 11.4. The molecule has 0 aliphatic carbocycles. The van der Waals surface area contributed by atoms with Gasteiger partial charge in [-0.2, -0.15) is 0 Å². The molecule has 0 unspecified atom stereocenters. The molecule has 1 heterocycles. The van der Waals surface area contributed by atoms with Crippen LogP contribution in [0.4, 0.5) is 0 Å². The summed E-state index contributed by atoms with van der Waals surface area (Å²) in [7, 11) is -3.76. The molecule has 9 heteroatoms. The number of primary sulfonamides is 1. The molecule has 0 aliphatic heterocycles. The summed E-state index contributed by atoms with van der Waals surface area (Å²) in [5.41, 5.74) is 3.56. The van der Waals surface area contributed by atoms with E-state index in [2.05, 4.69) is 11.9 Å². The van der Waals surface area contributed by atoms with Gasteiger partial charge >= 0.3 is 5.63 Å². The monoisotopic (exact) mass is 484 g/mol. The van der Waals surface area contributed by atoms with E-state index in [1.54, 1.807) is 12.1 Å².